The van der Waals surface area contributed by atoms with Crippen LogP contribution in [0.2, 0.25) is 0 Å². The summed E-state index contributed by atoms with van der Waals surface area (Å²) in [5, 5.41) is 6.28. The smallest absolute Gasteiger partial charge is 0.320 e. The van der Waals surface area contributed by atoms with Gasteiger partial charge < -0.3 is 5.32 Å². The van der Waals surface area contributed by atoms with E-state index in [-0.39, 0.29) is 12.1 Å². The van der Waals surface area contributed by atoms with Gasteiger partial charge in [0.1, 0.15) is 5.00 Å². The van der Waals surface area contributed by atoms with Crippen LogP contribution in [0.4, 0.5) is 9.80 Å². The van der Waals surface area contributed by atoms with Crippen molar-refractivity contribution in [2.45, 2.75) is 19.4 Å². The molecule has 14 heavy (non-hydrogen) atoms. The van der Waals surface area contributed by atoms with Gasteiger partial charge in [-0.05, 0) is 12.5 Å². The van der Waals surface area contributed by atoms with E-state index in [1.54, 1.807) is 0 Å². The molecule has 1 aromatic rings. The van der Waals surface area contributed by atoms with E-state index in [1.165, 1.54) is 11.3 Å². The second-order valence-corrected chi connectivity index (χ2v) is 4.19. The third kappa shape index (κ3) is 1.39. The molecule has 1 aliphatic rings. The molecule has 1 unspecified atom stereocenters. The molecule has 0 bridgehead atoms. The van der Waals surface area contributed by atoms with Crippen LogP contribution in [0.1, 0.15) is 34.6 Å². The number of anilines is 1. The maximum absolute atomic E-state index is 11.2. The van der Waals surface area contributed by atoms with Gasteiger partial charge >= 0.3 is 6.03 Å². The van der Waals surface area contributed by atoms with Gasteiger partial charge in [0.05, 0.1) is 10.9 Å². The van der Waals surface area contributed by atoms with Crippen molar-refractivity contribution in [2.75, 3.05) is 5.32 Å². The average molecular weight is 210 g/mol. The Morgan fingerprint density at radius 1 is 1.64 bits per heavy atom. The number of hydrogen-bond acceptors (Lipinski definition) is 3. The number of fused-ring (bicyclic) bond motifs is 1. The monoisotopic (exact) mass is 210 g/mol. The third-order valence-electron chi connectivity index (χ3n) is 2.21. The van der Waals surface area contributed by atoms with Crippen LogP contribution in [-0.4, -0.2) is 12.3 Å². The normalized spacial score (nSPS) is 19.5. The summed E-state index contributed by atoms with van der Waals surface area (Å²) < 4.78 is 0. The first kappa shape index (κ1) is 9.21. The third-order valence-corrected chi connectivity index (χ3v) is 3.20. The number of carbonyl (C=O) groups is 2. The molecule has 0 saturated carbocycles. The van der Waals surface area contributed by atoms with Crippen molar-refractivity contribution in [2.24, 2.45) is 0 Å². The minimum absolute atomic E-state index is 0.0312. The lowest BCUT2D eigenvalue weighted by atomic mass is 10.1. The molecule has 1 aliphatic heterocycles. The molecule has 74 valence electrons. The van der Waals surface area contributed by atoms with Crippen molar-refractivity contribution in [3.63, 3.8) is 0 Å². The van der Waals surface area contributed by atoms with Crippen LogP contribution >= 0.6 is 11.3 Å². The van der Waals surface area contributed by atoms with Crippen LogP contribution in [-0.2, 0) is 0 Å². The van der Waals surface area contributed by atoms with E-state index in [9.17, 15) is 9.59 Å². The van der Waals surface area contributed by atoms with E-state index in [2.05, 4.69) is 10.6 Å². The van der Waals surface area contributed by atoms with Crippen molar-refractivity contribution >= 4 is 28.7 Å². The lowest BCUT2D eigenvalue weighted by molar-refractivity contribution is 0.112. The van der Waals surface area contributed by atoms with Crippen molar-refractivity contribution in [1.29, 1.82) is 0 Å². The van der Waals surface area contributed by atoms with Gasteiger partial charge in [-0.15, -0.1) is 11.3 Å². The van der Waals surface area contributed by atoms with Gasteiger partial charge in [-0.3, -0.25) is 10.1 Å². The Hall–Kier alpha value is -1.36. The number of thiophene rings is 1. The molecule has 0 saturated heterocycles. The maximum Gasteiger partial charge on any atom is 0.320 e. The summed E-state index contributed by atoms with van der Waals surface area (Å²) in [4.78, 5) is 22.4. The zero-order valence-corrected chi connectivity index (χ0v) is 8.48. The molecular formula is C9H10N2O2S. The number of nitrogens with one attached hydrogen (secondary N) is 2. The molecule has 0 fully saturated rings. The van der Waals surface area contributed by atoms with Crippen LogP contribution in [0.25, 0.3) is 0 Å². The summed E-state index contributed by atoms with van der Waals surface area (Å²) in [6.45, 7) is 2.00. The van der Waals surface area contributed by atoms with Gasteiger partial charge in [0.2, 0.25) is 0 Å². The molecule has 0 aliphatic carbocycles. The highest BCUT2D eigenvalue weighted by Crippen LogP contribution is 2.35. The zero-order chi connectivity index (χ0) is 10.1. The Labute approximate surface area is 85.3 Å². The van der Waals surface area contributed by atoms with Gasteiger partial charge in [-0.2, -0.15) is 0 Å². The number of hydrogen-bond donors (Lipinski definition) is 2. The number of rotatable bonds is 2. The van der Waals surface area contributed by atoms with E-state index in [0.29, 0.717) is 4.88 Å². The van der Waals surface area contributed by atoms with E-state index >= 15 is 0 Å². The highest BCUT2D eigenvalue weighted by molar-refractivity contribution is 7.18. The maximum atomic E-state index is 11.2. The molecule has 2 N–H and O–H groups in total. The molecule has 1 atom stereocenters. The number of urea groups is 1. The number of carbonyl (C=O) groups excluding carboxylic acids is 2. The second-order valence-electron chi connectivity index (χ2n) is 3.11. The Morgan fingerprint density at radius 3 is 3.07 bits per heavy atom. The van der Waals surface area contributed by atoms with Crippen LogP contribution in [0.15, 0.2) is 6.07 Å². The highest BCUT2D eigenvalue weighted by Gasteiger charge is 2.24. The molecule has 2 rings (SSSR count). The Bertz CT molecular complexity index is 386. The van der Waals surface area contributed by atoms with E-state index in [4.69, 9.17) is 0 Å². The quantitative estimate of drug-likeness (QED) is 0.735. The highest BCUT2D eigenvalue weighted by atomic mass is 32.1. The fourth-order valence-corrected chi connectivity index (χ4v) is 2.47. The van der Waals surface area contributed by atoms with Crippen LogP contribution in [0.5, 0.6) is 0 Å². The van der Waals surface area contributed by atoms with Gasteiger partial charge in [-0.1, -0.05) is 6.92 Å². The summed E-state index contributed by atoms with van der Waals surface area (Å²) in [6.07, 6.45) is 1.64. The molecule has 2 amide bonds. The first-order valence-corrected chi connectivity index (χ1v) is 5.22. The second kappa shape index (κ2) is 3.42. The predicted molar refractivity (Wildman–Crippen MR) is 54.9 cm³/mol. The van der Waals surface area contributed by atoms with Gasteiger partial charge in [-0.25, -0.2) is 4.79 Å². The van der Waals surface area contributed by atoms with E-state index in [1.807, 2.05) is 13.0 Å². The van der Waals surface area contributed by atoms with E-state index in [0.717, 1.165) is 23.3 Å². The largest absolute Gasteiger partial charge is 0.331 e. The summed E-state index contributed by atoms with van der Waals surface area (Å²) in [5.74, 6) is 0. The summed E-state index contributed by atoms with van der Waals surface area (Å²) in [5.41, 5.74) is 1.01. The summed E-state index contributed by atoms with van der Waals surface area (Å²) >= 11 is 1.32. The lowest BCUT2D eigenvalue weighted by Crippen LogP contribution is -2.36. The molecule has 1 aromatic heterocycles. The molecule has 0 aromatic carbocycles. The molecule has 2 heterocycles. The van der Waals surface area contributed by atoms with Crippen molar-refractivity contribution in [3.05, 3.63) is 16.5 Å². The molecule has 0 radical (unpaired) electrons. The van der Waals surface area contributed by atoms with Gasteiger partial charge in [0.15, 0.2) is 6.29 Å². The lowest BCUT2D eigenvalue weighted by Gasteiger charge is -2.23. The average Bonchev–Trinajstić information content (AvgIpc) is 2.59. The van der Waals surface area contributed by atoms with Gasteiger partial charge in [0, 0.05) is 5.56 Å². The van der Waals surface area contributed by atoms with Gasteiger partial charge in [0.25, 0.3) is 0 Å². The Balaban J connectivity index is 2.43. The molecule has 0 spiro atoms. The molecule has 4 nitrogen and oxygen atoms in total. The van der Waals surface area contributed by atoms with Crippen LogP contribution < -0.4 is 10.6 Å². The SMILES string of the molecule is CCC1NC(=O)Nc2sc(C=O)cc21. The van der Waals surface area contributed by atoms with Crippen molar-refractivity contribution in [1.82, 2.24) is 5.32 Å². The first-order valence-electron chi connectivity index (χ1n) is 4.41. The van der Waals surface area contributed by atoms with E-state index < -0.39 is 0 Å². The topological polar surface area (TPSA) is 58.2 Å². The van der Waals surface area contributed by atoms with Crippen LogP contribution in [0.3, 0.4) is 0 Å². The standard InChI is InChI=1S/C9H10N2O2S/c1-2-7-6-3-5(4-12)14-8(6)11-9(13)10-7/h3-4,7H,2H2,1H3,(H2,10,11,13). The van der Waals surface area contributed by atoms with Crippen molar-refractivity contribution < 1.29 is 9.59 Å². The zero-order valence-electron chi connectivity index (χ0n) is 7.66. The minimum atomic E-state index is -0.191. The minimum Gasteiger partial charge on any atom is -0.331 e. The number of aldehydes is 1. The molecular weight excluding hydrogens is 200 g/mol. The molecule has 5 heteroatoms. The predicted octanol–water partition coefficient (Wildman–Crippen LogP) is 2.15. The first-order chi connectivity index (χ1) is 6.74. The van der Waals surface area contributed by atoms with Crippen molar-refractivity contribution in [3.8, 4) is 0 Å². The fourth-order valence-electron chi connectivity index (χ4n) is 1.54. The fraction of sp³-hybridized carbons (Fsp3) is 0.333. The number of amides is 2. The Morgan fingerprint density at radius 2 is 2.43 bits per heavy atom. The summed E-state index contributed by atoms with van der Waals surface area (Å²) in [7, 11) is 0. The van der Waals surface area contributed by atoms with Crippen LogP contribution in [0, 0.1) is 0 Å². The Kier molecular flexibility index (Phi) is 2.25. The summed E-state index contributed by atoms with van der Waals surface area (Å²) in [6, 6.07) is 1.67.